The summed E-state index contributed by atoms with van der Waals surface area (Å²) >= 11 is 7.62. The smallest absolute Gasteiger partial charge is 0.310 e. The summed E-state index contributed by atoms with van der Waals surface area (Å²) in [4.78, 5) is 29.2. The summed E-state index contributed by atoms with van der Waals surface area (Å²) in [6, 6.07) is 13.1. The average Bonchev–Trinajstić information content (AvgIpc) is 2.68. The molecule has 2 aromatic rings. The van der Waals surface area contributed by atoms with Crippen LogP contribution >= 0.6 is 23.4 Å². The van der Waals surface area contributed by atoms with Gasteiger partial charge in [-0.3, -0.25) is 19.8 Å². The maximum Gasteiger partial charge on any atom is 0.310 e. The van der Waals surface area contributed by atoms with Crippen LogP contribution in [0, 0.1) is 10.1 Å². The Morgan fingerprint density at radius 3 is 2.78 bits per heavy atom. The van der Waals surface area contributed by atoms with Crippen LogP contribution in [0.15, 0.2) is 53.5 Å². The molecule has 0 aliphatic carbocycles. The monoisotopic (exact) mass is 405 g/mol. The Hall–Kier alpha value is -2.58. The van der Waals surface area contributed by atoms with Gasteiger partial charge >= 0.3 is 5.69 Å². The van der Waals surface area contributed by atoms with Crippen molar-refractivity contribution in [2.45, 2.75) is 6.42 Å². The number of hydrogen-bond donors (Lipinski definition) is 0. The van der Waals surface area contributed by atoms with Crippen molar-refractivity contribution < 1.29 is 14.5 Å². The molecule has 0 radical (unpaired) electrons. The fourth-order valence-corrected chi connectivity index (χ4v) is 3.62. The zero-order chi connectivity index (χ0) is 19.2. The molecule has 2 aromatic carbocycles. The van der Waals surface area contributed by atoms with Gasteiger partial charge in [-0.05, 0) is 24.6 Å². The van der Waals surface area contributed by atoms with Gasteiger partial charge < -0.3 is 4.74 Å². The summed E-state index contributed by atoms with van der Waals surface area (Å²) in [7, 11) is 0. The van der Waals surface area contributed by atoms with Gasteiger partial charge in [0, 0.05) is 18.4 Å². The van der Waals surface area contributed by atoms with Gasteiger partial charge in [0.25, 0.3) is 5.91 Å². The predicted octanol–water partition coefficient (Wildman–Crippen LogP) is 4.28. The van der Waals surface area contributed by atoms with Crippen molar-refractivity contribution in [3.05, 3.63) is 63.7 Å². The Balaban J connectivity index is 1.75. The van der Waals surface area contributed by atoms with Crippen molar-refractivity contribution in [2.75, 3.05) is 18.9 Å². The molecule has 0 bridgehead atoms. The highest BCUT2D eigenvalue weighted by Gasteiger charge is 2.25. The first-order chi connectivity index (χ1) is 13.1. The van der Waals surface area contributed by atoms with Gasteiger partial charge in [-0.25, -0.2) is 4.99 Å². The zero-order valence-corrected chi connectivity index (χ0v) is 15.8. The number of aliphatic imine (C=N–C) groups is 1. The highest BCUT2D eigenvalue weighted by Crippen LogP contribution is 2.29. The summed E-state index contributed by atoms with van der Waals surface area (Å²) in [5.41, 5.74) is 0.407. The number of ether oxygens (including phenoxy) is 1. The molecule has 0 atom stereocenters. The van der Waals surface area contributed by atoms with Crippen LogP contribution in [0.3, 0.4) is 0 Å². The number of thioether (sulfide) groups is 1. The van der Waals surface area contributed by atoms with Crippen molar-refractivity contribution in [3.8, 4) is 5.75 Å². The molecule has 1 saturated heterocycles. The second-order valence-corrected chi connectivity index (χ2v) is 7.08. The third-order valence-electron chi connectivity index (χ3n) is 3.77. The summed E-state index contributed by atoms with van der Waals surface area (Å²) in [6.45, 7) is 0.197. The number of rotatable bonds is 5. The Morgan fingerprint density at radius 2 is 2.00 bits per heavy atom. The summed E-state index contributed by atoms with van der Waals surface area (Å²) in [5.74, 6) is 0.592. The van der Waals surface area contributed by atoms with Crippen molar-refractivity contribution >= 4 is 45.8 Å². The molecule has 1 heterocycles. The number of nitrogens with zero attached hydrogens (tertiary/aromatic N) is 3. The van der Waals surface area contributed by atoms with Gasteiger partial charge in [0.1, 0.15) is 0 Å². The lowest BCUT2D eigenvalue weighted by molar-refractivity contribution is -0.385. The SMILES string of the molecule is O=C(COc1ccccc1[N+](=O)[O-])N1CCCSC1=Nc1ccccc1Cl. The number of carbonyl (C=O) groups is 1. The number of carbonyl (C=O) groups excluding carboxylic acids is 1. The molecule has 0 spiro atoms. The maximum atomic E-state index is 12.6. The molecule has 9 heteroatoms. The van der Waals surface area contributed by atoms with Crippen molar-refractivity contribution in [3.63, 3.8) is 0 Å². The number of amidine groups is 1. The van der Waals surface area contributed by atoms with Gasteiger partial charge in [0.05, 0.1) is 15.6 Å². The molecular weight excluding hydrogens is 390 g/mol. The topological polar surface area (TPSA) is 85.0 Å². The van der Waals surface area contributed by atoms with E-state index in [1.165, 1.54) is 28.8 Å². The van der Waals surface area contributed by atoms with E-state index in [0.29, 0.717) is 22.4 Å². The number of amides is 1. The molecule has 140 valence electrons. The summed E-state index contributed by atoms with van der Waals surface area (Å²) in [6.07, 6.45) is 0.823. The lowest BCUT2D eigenvalue weighted by Crippen LogP contribution is -2.41. The minimum absolute atomic E-state index is 0.0603. The predicted molar refractivity (Wildman–Crippen MR) is 106 cm³/mol. The van der Waals surface area contributed by atoms with Crippen LogP contribution in [0.25, 0.3) is 0 Å². The van der Waals surface area contributed by atoms with Gasteiger partial charge in [-0.2, -0.15) is 0 Å². The van der Waals surface area contributed by atoms with E-state index in [4.69, 9.17) is 16.3 Å². The molecule has 1 amide bonds. The third-order valence-corrected chi connectivity index (χ3v) is 5.15. The molecule has 7 nitrogen and oxygen atoms in total. The number of halogens is 1. The third kappa shape index (κ3) is 4.78. The van der Waals surface area contributed by atoms with E-state index in [-0.39, 0.29) is 24.0 Å². The van der Waals surface area contributed by atoms with Gasteiger partial charge in [0.2, 0.25) is 0 Å². The first-order valence-corrected chi connectivity index (χ1v) is 9.55. The van der Waals surface area contributed by atoms with Gasteiger partial charge in [0.15, 0.2) is 17.5 Å². The Bertz CT molecular complexity index is 890. The zero-order valence-electron chi connectivity index (χ0n) is 14.2. The molecule has 1 fully saturated rings. The van der Waals surface area contributed by atoms with Crippen LogP contribution in [0.2, 0.25) is 5.02 Å². The lowest BCUT2D eigenvalue weighted by Gasteiger charge is -2.27. The van der Waals surface area contributed by atoms with Crippen LogP contribution in [-0.4, -0.2) is 39.8 Å². The standard InChI is InChI=1S/C18H16ClN3O4S/c19-13-6-1-2-7-14(13)20-18-21(10-5-11-27-18)17(23)12-26-16-9-4-3-8-15(16)22(24)25/h1-4,6-9H,5,10-12H2. The number of nitro groups is 1. The molecular formula is C18H16ClN3O4S. The van der Waals surface area contributed by atoms with Crippen molar-refractivity contribution in [2.24, 2.45) is 4.99 Å². The Kier molecular flexibility index (Phi) is 6.31. The van der Waals surface area contributed by atoms with Crippen molar-refractivity contribution in [1.29, 1.82) is 0 Å². The van der Waals surface area contributed by atoms with E-state index in [9.17, 15) is 14.9 Å². The highest BCUT2D eigenvalue weighted by atomic mass is 35.5. The van der Waals surface area contributed by atoms with Crippen LogP contribution in [0.4, 0.5) is 11.4 Å². The number of para-hydroxylation sites is 3. The maximum absolute atomic E-state index is 12.6. The van der Waals surface area contributed by atoms with Gasteiger partial charge in [-0.1, -0.05) is 47.6 Å². The lowest BCUT2D eigenvalue weighted by atomic mass is 10.3. The number of nitro benzene ring substituents is 1. The van der Waals surface area contributed by atoms with E-state index in [2.05, 4.69) is 4.99 Å². The molecule has 1 aliphatic rings. The van der Waals surface area contributed by atoms with E-state index in [1.807, 2.05) is 12.1 Å². The van der Waals surface area contributed by atoms with E-state index < -0.39 is 4.92 Å². The first-order valence-electron chi connectivity index (χ1n) is 8.19. The Labute approximate surface area is 165 Å². The quantitative estimate of drug-likeness (QED) is 0.547. The first kappa shape index (κ1) is 19.2. The highest BCUT2D eigenvalue weighted by molar-refractivity contribution is 8.13. The number of hydrogen-bond acceptors (Lipinski definition) is 6. The van der Waals surface area contributed by atoms with Crippen molar-refractivity contribution in [1.82, 2.24) is 4.90 Å². The average molecular weight is 406 g/mol. The Morgan fingerprint density at radius 1 is 1.26 bits per heavy atom. The van der Waals surface area contributed by atoms with E-state index in [1.54, 1.807) is 24.3 Å². The van der Waals surface area contributed by atoms with Crippen LogP contribution in [-0.2, 0) is 4.79 Å². The largest absolute Gasteiger partial charge is 0.477 e. The van der Waals surface area contributed by atoms with Gasteiger partial charge in [-0.15, -0.1) is 0 Å². The van der Waals surface area contributed by atoms with E-state index >= 15 is 0 Å². The minimum atomic E-state index is -0.541. The molecule has 0 unspecified atom stereocenters. The van der Waals surface area contributed by atoms with Crippen LogP contribution in [0.5, 0.6) is 5.75 Å². The minimum Gasteiger partial charge on any atom is -0.477 e. The molecule has 0 N–H and O–H groups in total. The molecule has 1 aliphatic heterocycles. The molecule has 27 heavy (non-hydrogen) atoms. The fourth-order valence-electron chi connectivity index (χ4n) is 2.48. The number of benzene rings is 2. The second-order valence-electron chi connectivity index (χ2n) is 5.61. The molecule has 0 aromatic heterocycles. The van der Waals surface area contributed by atoms with Crippen LogP contribution < -0.4 is 4.74 Å². The summed E-state index contributed by atoms with van der Waals surface area (Å²) < 4.78 is 5.41. The molecule has 0 saturated carbocycles. The van der Waals surface area contributed by atoms with Crippen LogP contribution in [0.1, 0.15) is 6.42 Å². The fraction of sp³-hybridized carbons (Fsp3) is 0.222. The summed E-state index contributed by atoms with van der Waals surface area (Å²) in [5, 5.41) is 12.1. The molecule has 3 rings (SSSR count). The van der Waals surface area contributed by atoms with E-state index in [0.717, 1.165) is 12.2 Å². The second kappa shape index (κ2) is 8.88. The normalized spacial score (nSPS) is 15.6.